The summed E-state index contributed by atoms with van der Waals surface area (Å²) < 4.78 is 59.6. The summed E-state index contributed by atoms with van der Waals surface area (Å²) >= 11 is 0. The van der Waals surface area contributed by atoms with Crippen LogP contribution in [0, 0.1) is 11.6 Å². The van der Waals surface area contributed by atoms with Crippen LogP contribution in [0.2, 0.25) is 0 Å². The number of rotatable bonds is 6. The number of carbonyl (C=O) groups is 1. The summed E-state index contributed by atoms with van der Waals surface area (Å²) in [4.78, 5) is 12.1. The third kappa shape index (κ3) is 4.57. The van der Waals surface area contributed by atoms with E-state index in [0.717, 1.165) is 30.5 Å². The predicted octanol–water partition coefficient (Wildman–Crippen LogP) is 4.12. The molecule has 0 radical (unpaired) electrons. The van der Waals surface area contributed by atoms with Gasteiger partial charge in [-0.05, 0) is 60.9 Å². The molecular weight excluding hydrogens is 438 g/mol. The van der Waals surface area contributed by atoms with Crippen molar-refractivity contribution in [3.8, 4) is 5.75 Å². The van der Waals surface area contributed by atoms with Crippen molar-refractivity contribution in [1.82, 2.24) is 0 Å². The summed E-state index contributed by atoms with van der Waals surface area (Å²) in [5, 5.41) is 2.29. The second-order valence-electron chi connectivity index (χ2n) is 7.24. The number of fused-ring (bicyclic) bond motifs is 1. The van der Waals surface area contributed by atoms with E-state index in [1.54, 1.807) is 6.07 Å². The van der Waals surface area contributed by atoms with Crippen LogP contribution in [0.5, 0.6) is 5.75 Å². The van der Waals surface area contributed by atoms with Crippen molar-refractivity contribution in [2.24, 2.45) is 0 Å². The molecule has 0 saturated heterocycles. The van der Waals surface area contributed by atoms with Crippen LogP contribution < -0.4 is 14.4 Å². The van der Waals surface area contributed by atoms with Crippen molar-refractivity contribution in [2.45, 2.75) is 17.7 Å². The fourth-order valence-corrected chi connectivity index (χ4v) is 5.05. The molecule has 6 nitrogen and oxygen atoms in total. The third-order valence-corrected chi connectivity index (χ3v) is 6.88. The lowest BCUT2D eigenvalue weighted by Crippen LogP contribution is -2.35. The second-order valence-corrected chi connectivity index (χ2v) is 9.10. The van der Waals surface area contributed by atoms with Gasteiger partial charge in [-0.2, -0.15) is 0 Å². The number of para-hydroxylation sites is 1. The average Bonchev–Trinajstić information content (AvgIpc) is 2.79. The number of carbonyl (C=O) groups excluding carboxylic acids is 1. The van der Waals surface area contributed by atoms with Gasteiger partial charge in [0.2, 0.25) is 0 Å². The van der Waals surface area contributed by atoms with Crippen molar-refractivity contribution in [3.63, 3.8) is 0 Å². The van der Waals surface area contributed by atoms with E-state index < -0.39 is 34.2 Å². The highest BCUT2D eigenvalue weighted by molar-refractivity contribution is 7.92. The lowest BCUT2D eigenvalue weighted by atomic mass is 10.0. The molecule has 1 N–H and O–H groups in total. The van der Waals surface area contributed by atoms with Gasteiger partial charge in [0.05, 0.1) is 16.3 Å². The third-order valence-electron chi connectivity index (χ3n) is 5.05. The minimum absolute atomic E-state index is 0.111. The molecule has 0 aliphatic carbocycles. The zero-order valence-electron chi connectivity index (χ0n) is 16.9. The van der Waals surface area contributed by atoms with Gasteiger partial charge >= 0.3 is 0 Å². The maximum atomic E-state index is 13.6. The van der Waals surface area contributed by atoms with Gasteiger partial charge in [-0.3, -0.25) is 9.10 Å². The summed E-state index contributed by atoms with van der Waals surface area (Å²) in [6, 6.07) is 16.0. The zero-order chi connectivity index (χ0) is 22.7. The lowest BCUT2D eigenvalue weighted by molar-refractivity contribution is -0.118. The first-order valence-electron chi connectivity index (χ1n) is 9.93. The van der Waals surface area contributed by atoms with Gasteiger partial charge in [-0.15, -0.1) is 0 Å². The molecule has 1 amide bonds. The Labute approximate surface area is 184 Å². The molecule has 9 heteroatoms. The summed E-state index contributed by atoms with van der Waals surface area (Å²) in [6.45, 7) is -0.0277. The van der Waals surface area contributed by atoms with Crippen LogP contribution in [-0.2, 0) is 21.2 Å². The van der Waals surface area contributed by atoms with Crippen molar-refractivity contribution in [3.05, 3.63) is 83.9 Å². The Morgan fingerprint density at radius 1 is 1.03 bits per heavy atom. The van der Waals surface area contributed by atoms with E-state index in [9.17, 15) is 22.0 Å². The summed E-state index contributed by atoms with van der Waals surface area (Å²) in [7, 11) is -3.75. The molecule has 0 fully saturated rings. The van der Waals surface area contributed by atoms with E-state index in [-0.39, 0.29) is 16.3 Å². The minimum Gasteiger partial charge on any atom is -0.484 e. The van der Waals surface area contributed by atoms with Crippen LogP contribution in [0.4, 0.5) is 20.2 Å². The first-order chi connectivity index (χ1) is 15.3. The first-order valence-corrected chi connectivity index (χ1v) is 11.4. The molecule has 166 valence electrons. The Morgan fingerprint density at radius 2 is 1.78 bits per heavy atom. The Kier molecular flexibility index (Phi) is 6.09. The number of amides is 1. The number of hydrogen-bond donors (Lipinski definition) is 1. The van der Waals surface area contributed by atoms with Crippen LogP contribution in [0.1, 0.15) is 12.0 Å². The van der Waals surface area contributed by atoms with Crippen LogP contribution in [0.3, 0.4) is 0 Å². The highest BCUT2D eigenvalue weighted by Gasteiger charge is 2.28. The van der Waals surface area contributed by atoms with Crippen molar-refractivity contribution in [1.29, 1.82) is 0 Å². The standard InChI is InChI=1S/C23H20F2N2O4S/c24-17-7-12-21(20(25)14-17)26-23(28)15-31-18-8-10-19(11-9-18)32(29,30)27-13-3-5-16-4-1-2-6-22(16)27/h1-2,4,6-12,14H,3,5,13,15H2,(H,26,28). The molecule has 1 heterocycles. The van der Waals surface area contributed by atoms with Gasteiger partial charge in [-0.1, -0.05) is 18.2 Å². The largest absolute Gasteiger partial charge is 0.484 e. The number of nitrogens with zero attached hydrogens (tertiary/aromatic N) is 1. The Balaban J connectivity index is 1.41. The van der Waals surface area contributed by atoms with E-state index >= 15 is 0 Å². The van der Waals surface area contributed by atoms with Crippen molar-refractivity contribution >= 4 is 27.3 Å². The van der Waals surface area contributed by atoms with Crippen molar-refractivity contribution in [2.75, 3.05) is 22.8 Å². The van der Waals surface area contributed by atoms with Crippen LogP contribution in [0.15, 0.2) is 71.6 Å². The van der Waals surface area contributed by atoms with Gasteiger partial charge in [0, 0.05) is 12.6 Å². The molecule has 4 rings (SSSR count). The highest BCUT2D eigenvalue weighted by Crippen LogP contribution is 2.32. The molecule has 0 aromatic heterocycles. The van der Waals surface area contributed by atoms with E-state index in [0.29, 0.717) is 18.3 Å². The number of ether oxygens (including phenoxy) is 1. The fraction of sp³-hybridized carbons (Fsp3) is 0.174. The topological polar surface area (TPSA) is 75.7 Å². The molecule has 1 aliphatic heterocycles. The highest BCUT2D eigenvalue weighted by atomic mass is 32.2. The number of aryl methyl sites for hydroxylation is 1. The molecular formula is C23H20F2N2O4S. The molecule has 0 bridgehead atoms. The summed E-state index contributed by atoms with van der Waals surface area (Å²) in [6.07, 6.45) is 1.57. The van der Waals surface area contributed by atoms with Crippen LogP contribution in [0.25, 0.3) is 0 Å². The Morgan fingerprint density at radius 3 is 2.53 bits per heavy atom. The number of hydrogen-bond acceptors (Lipinski definition) is 4. The molecule has 3 aromatic carbocycles. The monoisotopic (exact) mass is 458 g/mol. The van der Waals surface area contributed by atoms with E-state index in [1.807, 2.05) is 18.2 Å². The molecule has 0 saturated carbocycles. The number of nitrogens with one attached hydrogen (secondary N) is 1. The maximum Gasteiger partial charge on any atom is 0.264 e. The SMILES string of the molecule is O=C(COc1ccc(S(=O)(=O)N2CCCc3ccccc32)cc1)Nc1ccc(F)cc1F. The molecule has 0 unspecified atom stereocenters. The van der Waals surface area contributed by atoms with Gasteiger partial charge < -0.3 is 10.1 Å². The summed E-state index contributed by atoms with van der Waals surface area (Å²) in [5.74, 6) is -2.01. The fourth-order valence-electron chi connectivity index (χ4n) is 3.51. The van der Waals surface area contributed by atoms with Gasteiger partial charge in [0.25, 0.3) is 15.9 Å². The smallest absolute Gasteiger partial charge is 0.264 e. The average molecular weight is 458 g/mol. The lowest BCUT2D eigenvalue weighted by Gasteiger charge is -2.30. The van der Waals surface area contributed by atoms with E-state index in [4.69, 9.17) is 4.74 Å². The molecule has 1 aliphatic rings. The number of benzene rings is 3. The predicted molar refractivity (Wildman–Crippen MR) is 116 cm³/mol. The second kappa shape index (κ2) is 8.96. The first kappa shape index (κ1) is 21.8. The molecule has 3 aromatic rings. The van der Waals surface area contributed by atoms with E-state index in [2.05, 4.69) is 5.32 Å². The quantitative estimate of drug-likeness (QED) is 0.603. The van der Waals surface area contributed by atoms with Crippen molar-refractivity contribution < 1.29 is 26.7 Å². The number of halogens is 2. The van der Waals surface area contributed by atoms with E-state index in [1.165, 1.54) is 28.6 Å². The molecule has 32 heavy (non-hydrogen) atoms. The normalized spacial score (nSPS) is 13.4. The Hall–Kier alpha value is -3.46. The van der Waals surface area contributed by atoms with Gasteiger partial charge in [-0.25, -0.2) is 17.2 Å². The minimum atomic E-state index is -3.75. The zero-order valence-corrected chi connectivity index (χ0v) is 17.7. The molecule has 0 spiro atoms. The van der Waals surface area contributed by atoms with Gasteiger partial charge in [0.1, 0.15) is 17.4 Å². The van der Waals surface area contributed by atoms with Crippen LogP contribution in [-0.4, -0.2) is 27.5 Å². The Bertz CT molecular complexity index is 1250. The number of anilines is 2. The maximum absolute atomic E-state index is 13.6. The van der Waals surface area contributed by atoms with Crippen LogP contribution >= 0.6 is 0 Å². The van der Waals surface area contributed by atoms with Gasteiger partial charge in [0.15, 0.2) is 6.61 Å². The summed E-state index contributed by atoms with van der Waals surface area (Å²) in [5.41, 5.74) is 1.51. The molecule has 0 atom stereocenters. The number of sulfonamides is 1.